The van der Waals surface area contributed by atoms with Crippen LogP contribution in [0, 0.1) is 0 Å². The molecule has 0 radical (unpaired) electrons. The molecule has 3 aromatic rings. The lowest BCUT2D eigenvalue weighted by Crippen LogP contribution is -2.71. The second kappa shape index (κ2) is 14.1. The van der Waals surface area contributed by atoms with Gasteiger partial charge in [0.25, 0.3) is 11.8 Å². The van der Waals surface area contributed by atoms with E-state index in [4.69, 9.17) is 11.6 Å². The monoisotopic (exact) mass is 638 g/mol. The van der Waals surface area contributed by atoms with Crippen LogP contribution in [0.5, 0.6) is 0 Å². The third kappa shape index (κ3) is 8.01. The van der Waals surface area contributed by atoms with E-state index >= 15 is 0 Å². The van der Waals surface area contributed by atoms with Crippen molar-refractivity contribution in [2.45, 2.75) is 68.7 Å². The minimum atomic E-state index is -3.14. The average molecular weight is 639 g/mol. The van der Waals surface area contributed by atoms with Crippen LogP contribution in [0.1, 0.15) is 60.9 Å². The Kier molecular flexibility index (Phi) is 10.4. The maximum absolute atomic E-state index is 14.0. The van der Waals surface area contributed by atoms with Crippen LogP contribution in [0.4, 0.5) is 0 Å². The maximum atomic E-state index is 14.0. The highest BCUT2D eigenvalue weighted by atomic mass is 35.5. The molecule has 11 heteroatoms. The minimum absolute atomic E-state index is 0.0826. The molecule has 6 N–H and O–H groups in total. The zero-order valence-electron chi connectivity index (χ0n) is 25.5. The van der Waals surface area contributed by atoms with Crippen LogP contribution in [0.2, 0.25) is 5.02 Å². The van der Waals surface area contributed by atoms with Crippen LogP contribution in [0.25, 0.3) is 10.8 Å². The zero-order chi connectivity index (χ0) is 32.2. The number of piperidine rings is 1. The number of β-amino-alcohol motifs (C(OH)–C–C–N with tert-alkyl or cyclic N) is 2. The number of benzene rings is 3. The molecule has 0 spiro atoms. The van der Waals surface area contributed by atoms with E-state index in [0.29, 0.717) is 29.8 Å². The molecule has 0 aromatic heterocycles. The molecule has 0 aliphatic carbocycles. The molecular formula is C34H43ClN4O6. The van der Waals surface area contributed by atoms with Crippen LogP contribution in [0.3, 0.4) is 0 Å². The summed E-state index contributed by atoms with van der Waals surface area (Å²) in [6.45, 7) is 3.99. The molecule has 2 amide bonds. The Labute approximate surface area is 268 Å². The van der Waals surface area contributed by atoms with E-state index < -0.39 is 36.2 Å². The molecule has 45 heavy (non-hydrogen) atoms. The molecule has 2 aliphatic rings. The van der Waals surface area contributed by atoms with E-state index in [1.807, 2.05) is 37.3 Å². The number of nitrogens with one attached hydrogen (secondary N) is 2. The summed E-state index contributed by atoms with van der Waals surface area (Å²) in [5, 5.41) is 52.4. The van der Waals surface area contributed by atoms with Crippen molar-refractivity contribution in [2.75, 3.05) is 32.7 Å². The zero-order valence-corrected chi connectivity index (χ0v) is 26.3. The topological polar surface area (TPSA) is 146 Å². The Morgan fingerprint density at radius 2 is 1.73 bits per heavy atom. The van der Waals surface area contributed by atoms with Gasteiger partial charge in [0, 0.05) is 29.6 Å². The van der Waals surface area contributed by atoms with Gasteiger partial charge in [-0.2, -0.15) is 0 Å². The summed E-state index contributed by atoms with van der Waals surface area (Å²) in [7, 11) is 0. The molecule has 5 rings (SSSR count). The Bertz CT molecular complexity index is 1480. The van der Waals surface area contributed by atoms with E-state index in [9.17, 15) is 30.0 Å². The number of amides is 2. The van der Waals surface area contributed by atoms with Crippen molar-refractivity contribution < 1.29 is 30.0 Å². The maximum Gasteiger partial charge on any atom is 0.268 e. The Morgan fingerprint density at radius 1 is 1.04 bits per heavy atom. The van der Waals surface area contributed by atoms with Crippen LogP contribution in [0.15, 0.2) is 66.7 Å². The van der Waals surface area contributed by atoms with E-state index in [0.717, 1.165) is 43.3 Å². The van der Waals surface area contributed by atoms with Gasteiger partial charge in [0.2, 0.25) is 11.7 Å². The normalized spacial score (nSPS) is 21.8. The predicted octanol–water partition coefficient (Wildman–Crippen LogP) is 2.78. The van der Waals surface area contributed by atoms with Gasteiger partial charge in [-0.25, -0.2) is 0 Å². The summed E-state index contributed by atoms with van der Waals surface area (Å²) < 4.78 is 0. The fourth-order valence-corrected chi connectivity index (χ4v) is 6.68. The fraction of sp³-hybridized carbons (Fsp3) is 0.471. The highest BCUT2D eigenvalue weighted by Gasteiger charge is 2.54. The summed E-state index contributed by atoms with van der Waals surface area (Å²) in [4.78, 5) is 30.9. The van der Waals surface area contributed by atoms with Crippen LogP contribution >= 0.6 is 11.6 Å². The first-order valence-corrected chi connectivity index (χ1v) is 16.1. The third-order valence-electron chi connectivity index (χ3n) is 9.02. The summed E-state index contributed by atoms with van der Waals surface area (Å²) in [6, 6.07) is 16.7. The number of hydrogen-bond donors (Lipinski definition) is 6. The van der Waals surface area contributed by atoms with Crippen LogP contribution in [-0.2, 0) is 4.79 Å². The molecule has 2 heterocycles. The average Bonchev–Trinajstić information content (AvgIpc) is 3.12. The number of fused-ring (bicyclic) bond motifs is 1. The van der Waals surface area contributed by atoms with Crippen molar-refractivity contribution in [3.8, 4) is 0 Å². The molecule has 3 aromatic carbocycles. The van der Waals surface area contributed by atoms with Crippen molar-refractivity contribution in [2.24, 2.45) is 0 Å². The van der Waals surface area contributed by atoms with Crippen molar-refractivity contribution in [1.82, 2.24) is 20.4 Å². The number of carbonyl (C=O) groups excluding carboxylic acids is 2. The molecule has 2 saturated heterocycles. The molecule has 3 unspecified atom stereocenters. The van der Waals surface area contributed by atoms with Gasteiger partial charge >= 0.3 is 0 Å². The SMILES string of the molecule is CCC(CN1CC(O)(O)C(C(O)(O)NC(=O)c2ccc3cc(Cl)ccc3c2)NC(CCN2CCCCC2)C1=O)c1ccccc1. The van der Waals surface area contributed by atoms with E-state index in [1.165, 1.54) is 11.0 Å². The van der Waals surface area contributed by atoms with Gasteiger partial charge in [-0.15, -0.1) is 0 Å². The standard InChI is InChI=1S/C34H43ClN4O6/c1-2-23(24-9-5-3-6-10-24)21-39-22-33(42,43)32(36-29(31(39)41)15-18-38-16-7-4-8-17-38)34(44,45)37-30(40)27-12-11-26-20-28(35)14-13-25(26)19-27/h3,5-6,9-14,19-20,23,29,32,36,42-45H,2,4,7-8,15-18,21-22H2,1H3,(H,37,40). The lowest BCUT2D eigenvalue weighted by Gasteiger charge is -2.40. The lowest BCUT2D eigenvalue weighted by atomic mass is 9.95. The Morgan fingerprint density at radius 3 is 2.44 bits per heavy atom. The molecule has 0 saturated carbocycles. The quantitative estimate of drug-likeness (QED) is 0.186. The molecule has 0 bridgehead atoms. The van der Waals surface area contributed by atoms with E-state index in [1.54, 1.807) is 30.3 Å². The number of rotatable bonds is 10. The van der Waals surface area contributed by atoms with Crippen LogP contribution < -0.4 is 10.6 Å². The van der Waals surface area contributed by atoms with Crippen molar-refractivity contribution in [1.29, 1.82) is 0 Å². The molecule has 3 atom stereocenters. The smallest absolute Gasteiger partial charge is 0.268 e. The van der Waals surface area contributed by atoms with Gasteiger partial charge in [-0.1, -0.05) is 67.4 Å². The van der Waals surface area contributed by atoms with Crippen LogP contribution in [-0.4, -0.2) is 98.5 Å². The number of likely N-dealkylation sites (tertiary alicyclic amines) is 1. The summed E-state index contributed by atoms with van der Waals surface area (Å²) in [5.41, 5.74) is 1.14. The Hall–Kier alpha value is -3.09. The predicted molar refractivity (Wildman–Crippen MR) is 172 cm³/mol. The largest absolute Gasteiger partial charge is 0.363 e. The van der Waals surface area contributed by atoms with Gasteiger partial charge in [0.15, 0.2) is 0 Å². The first-order chi connectivity index (χ1) is 21.5. The molecule has 2 fully saturated rings. The highest BCUT2D eigenvalue weighted by Crippen LogP contribution is 2.28. The number of aliphatic hydroxyl groups is 4. The number of nitrogens with zero attached hydrogens (tertiary/aromatic N) is 2. The minimum Gasteiger partial charge on any atom is -0.363 e. The van der Waals surface area contributed by atoms with E-state index in [2.05, 4.69) is 15.5 Å². The van der Waals surface area contributed by atoms with Crippen molar-refractivity contribution in [3.63, 3.8) is 0 Å². The van der Waals surface area contributed by atoms with Crippen molar-refractivity contribution in [3.05, 3.63) is 82.9 Å². The van der Waals surface area contributed by atoms with Gasteiger partial charge in [0.1, 0.15) is 6.04 Å². The van der Waals surface area contributed by atoms with Gasteiger partial charge < -0.3 is 30.2 Å². The molecule has 2 aliphatic heterocycles. The summed E-state index contributed by atoms with van der Waals surface area (Å²) in [5.74, 6) is -7.26. The lowest BCUT2D eigenvalue weighted by molar-refractivity contribution is -0.285. The highest BCUT2D eigenvalue weighted by molar-refractivity contribution is 6.31. The molecule has 242 valence electrons. The number of halogens is 1. The first kappa shape index (κ1) is 33.3. The third-order valence-corrected chi connectivity index (χ3v) is 9.25. The first-order valence-electron chi connectivity index (χ1n) is 15.7. The second-order valence-corrected chi connectivity index (χ2v) is 12.8. The van der Waals surface area contributed by atoms with Gasteiger partial charge in [-0.05, 0) is 79.4 Å². The van der Waals surface area contributed by atoms with E-state index in [-0.39, 0.29) is 23.9 Å². The number of carbonyl (C=O) groups is 2. The fourth-order valence-electron chi connectivity index (χ4n) is 6.50. The van der Waals surface area contributed by atoms with Crippen molar-refractivity contribution >= 4 is 34.2 Å². The molecular weight excluding hydrogens is 596 g/mol. The molecule has 10 nitrogen and oxygen atoms in total. The second-order valence-electron chi connectivity index (χ2n) is 12.3. The van der Waals surface area contributed by atoms with Gasteiger partial charge in [0.05, 0.1) is 12.6 Å². The summed E-state index contributed by atoms with van der Waals surface area (Å²) >= 11 is 6.07. The Balaban J connectivity index is 1.40. The van der Waals surface area contributed by atoms with Gasteiger partial charge in [-0.3, -0.25) is 20.2 Å². The summed E-state index contributed by atoms with van der Waals surface area (Å²) in [6.07, 6.45) is 4.30. The number of hydrogen-bond acceptors (Lipinski definition) is 8.